The normalized spacial score (nSPS) is 15.7. The minimum Gasteiger partial charge on any atom is -0.354 e. The third-order valence-electron chi connectivity index (χ3n) is 4.31. The first-order valence-corrected chi connectivity index (χ1v) is 8.77. The lowest BCUT2D eigenvalue weighted by molar-refractivity contribution is -0.132. The Morgan fingerprint density at radius 3 is 2.71 bits per heavy atom. The number of carbonyl (C=O) groups excluding carboxylic acids is 1. The van der Waals surface area contributed by atoms with Crippen molar-refractivity contribution in [2.24, 2.45) is 0 Å². The third kappa shape index (κ3) is 4.59. The molecule has 1 aliphatic heterocycles. The number of aromatic nitrogens is 1. The quantitative estimate of drug-likeness (QED) is 0.813. The van der Waals surface area contributed by atoms with E-state index in [0.29, 0.717) is 22.9 Å². The summed E-state index contributed by atoms with van der Waals surface area (Å²) in [7, 11) is 0. The number of nitrogens with zero attached hydrogens (tertiary/aromatic N) is 5. The number of likely N-dealkylation sites (N-methyl/N-ethyl adjacent to an activating group) is 1. The molecule has 0 N–H and O–H groups in total. The van der Waals surface area contributed by atoms with Gasteiger partial charge in [0.05, 0.1) is 17.1 Å². The maximum atomic E-state index is 12.3. The summed E-state index contributed by atoms with van der Waals surface area (Å²) >= 11 is 6.26. The first-order valence-electron chi connectivity index (χ1n) is 8.39. The monoisotopic (exact) mass is 349 g/mol. The van der Waals surface area contributed by atoms with E-state index in [4.69, 9.17) is 16.9 Å². The van der Waals surface area contributed by atoms with Gasteiger partial charge in [0.1, 0.15) is 11.9 Å². The summed E-state index contributed by atoms with van der Waals surface area (Å²) < 4.78 is 0. The molecular formula is C17H24ClN5O. The molecule has 2 heterocycles. The molecule has 1 aliphatic rings. The van der Waals surface area contributed by atoms with Crippen molar-refractivity contribution in [1.82, 2.24) is 14.8 Å². The highest BCUT2D eigenvalue weighted by Gasteiger charge is 2.21. The second-order valence-corrected chi connectivity index (χ2v) is 6.23. The molecule has 0 bridgehead atoms. The summed E-state index contributed by atoms with van der Waals surface area (Å²) in [6.07, 6.45) is 2.50. The Morgan fingerprint density at radius 2 is 2.08 bits per heavy atom. The number of amides is 1. The van der Waals surface area contributed by atoms with Gasteiger partial charge in [-0.25, -0.2) is 4.98 Å². The van der Waals surface area contributed by atoms with Gasteiger partial charge >= 0.3 is 0 Å². The van der Waals surface area contributed by atoms with Gasteiger partial charge in [0.15, 0.2) is 0 Å². The Kier molecular flexibility index (Phi) is 6.83. The number of carbonyl (C=O) groups is 1. The van der Waals surface area contributed by atoms with Crippen molar-refractivity contribution in [2.45, 2.75) is 20.3 Å². The van der Waals surface area contributed by atoms with Crippen molar-refractivity contribution < 1.29 is 4.79 Å². The highest BCUT2D eigenvalue weighted by molar-refractivity contribution is 6.33. The molecule has 7 heteroatoms. The minimum absolute atomic E-state index is 0.183. The lowest BCUT2D eigenvalue weighted by Crippen LogP contribution is -2.41. The molecule has 1 amide bonds. The fourth-order valence-electron chi connectivity index (χ4n) is 2.93. The SMILES string of the molecule is CCN(CC)C(=O)CN1CCCN(c2ncc(C#N)cc2Cl)CC1. The highest BCUT2D eigenvalue weighted by atomic mass is 35.5. The van der Waals surface area contributed by atoms with Crippen molar-refractivity contribution in [3.05, 3.63) is 22.8 Å². The Morgan fingerprint density at radius 1 is 1.33 bits per heavy atom. The molecular weight excluding hydrogens is 326 g/mol. The van der Waals surface area contributed by atoms with Crippen LogP contribution in [-0.2, 0) is 4.79 Å². The number of pyridine rings is 1. The first kappa shape index (κ1) is 18.5. The zero-order valence-electron chi connectivity index (χ0n) is 14.3. The average molecular weight is 350 g/mol. The molecule has 0 atom stereocenters. The summed E-state index contributed by atoms with van der Waals surface area (Å²) in [5.41, 5.74) is 0.463. The number of halogens is 1. The van der Waals surface area contributed by atoms with E-state index in [1.807, 2.05) is 24.8 Å². The molecule has 0 aromatic carbocycles. The Balaban J connectivity index is 1.98. The van der Waals surface area contributed by atoms with E-state index in [9.17, 15) is 4.79 Å². The maximum Gasteiger partial charge on any atom is 0.236 e. The second kappa shape index (κ2) is 8.86. The van der Waals surface area contributed by atoms with Gasteiger partial charge in [-0.05, 0) is 26.3 Å². The van der Waals surface area contributed by atoms with Gasteiger partial charge < -0.3 is 9.80 Å². The largest absolute Gasteiger partial charge is 0.354 e. The van der Waals surface area contributed by atoms with Gasteiger partial charge in [0.25, 0.3) is 0 Å². The van der Waals surface area contributed by atoms with Gasteiger partial charge in [-0.3, -0.25) is 9.69 Å². The number of rotatable bonds is 5. The van der Waals surface area contributed by atoms with Crippen LogP contribution in [0.4, 0.5) is 5.82 Å². The highest BCUT2D eigenvalue weighted by Crippen LogP contribution is 2.24. The fourth-order valence-corrected chi connectivity index (χ4v) is 3.22. The van der Waals surface area contributed by atoms with E-state index >= 15 is 0 Å². The van der Waals surface area contributed by atoms with Crippen LogP contribution >= 0.6 is 11.6 Å². The Bertz CT molecular complexity index is 611. The summed E-state index contributed by atoms with van der Waals surface area (Å²) in [6, 6.07) is 3.69. The second-order valence-electron chi connectivity index (χ2n) is 5.82. The number of hydrogen-bond acceptors (Lipinski definition) is 5. The van der Waals surface area contributed by atoms with Crippen LogP contribution in [0.1, 0.15) is 25.8 Å². The lowest BCUT2D eigenvalue weighted by atomic mass is 10.3. The van der Waals surface area contributed by atoms with E-state index in [-0.39, 0.29) is 5.91 Å². The van der Waals surface area contributed by atoms with Crippen LogP contribution in [0.15, 0.2) is 12.3 Å². The molecule has 1 saturated heterocycles. The van der Waals surface area contributed by atoms with Crippen LogP contribution in [0.5, 0.6) is 0 Å². The topological polar surface area (TPSA) is 63.5 Å². The summed E-state index contributed by atoms with van der Waals surface area (Å²) in [5, 5.41) is 9.41. The van der Waals surface area contributed by atoms with Crippen molar-refractivity contribution in [2.75, 3.05) is 50.7 Å². The van der Waals surface area contributed by atoms with Gasteiger partial charge in [0, 0.05) is 45.5 Å². The molecule has 0 radical (unpaired) electrons. The molecule has 1 aromatic rings. The number of hydrogen-bond donors (Lipinski definition) is 0. The maximum absolute atomic E-state index is 12.3. The predicted molar refractivity (Wildman–Crippen MR) is 95.2 cm³/mol. The van der Waals surface area contributed by atoms with Crippen molar-refractivity contribution in [1.29, 1.82) is 5.26 Å². The van der Waals surface area contributed by atoms with E-state index in [1.165, 1.54) is 0 Å². The van der Waals surface area contributed by atoms with Crippen LogP contribution in [0.25, 0.3) is 0 Å². The van der Waals surface area contributed by atoms with Gasteiger partial charge in [0.2, 0.25) is 5.91 Å². The molecule has 1 aromatic heterocycles. The molecule has 0 saturated carbocycles. The summed E-state index contributed by atoms with van der Waals surface area (Å²) in [6.45, 7) is 9.26. The lowest BCUT2D eigenvalue weighted by Gasteiger charge is -2.25. The molecule has 0 unspecified atom stereocenters. The van der Waals surface area contributed by atoms with Crippen molar-refractivity contribution >= 4 is 23.3 Å². The molecule has 6 nitrogen and oxygen atoms in total. The zero-order valence-corrected chi connectivity index (χ0v) is 15.1. The van der Waals surface area contributed by atoms with E-state index in [1.54, 1.807) is 12.3 Å². The summed E-state index contributed by atoms with van der Waals surface area (Å²) in [5.74, 6) is 0.899. The molecule has 0 aliphatic carbocycles. The van der Waals surface area contributed by atoms with Crippen molar-refractivity contribution in [3.63, 3.8) is 0 Å². The standard InChI is InChI=1S/C17H24ClN5O/c1-3-22(4-2)16(24)13-21-6-5-7-23(9-8-21)17-15(18)10-14(11-19)12-20-17/h10,12H,3-9,13H2,1-2H3. The third-order valence-corrected chi connectivity index (χ3v) is 4.59. The van der Waals surface area contributed by atoms with Crippen LogP contribution in [0.3, 0.4) is 0 Å². The van der Waals surface area contributed by atoms with Crippen LogP contribution in [0, 0.1) is 11.3 Å². The van der Waals surface area contributed by atoms with Gasteiger partial charge in [-0.15, -0.1) is 0 Å². The van der Waals surface area contributed by atoms with Crippen molar-refractivity contribution in [3.8, 4) is 6.07 Å². The van der Waals surface area contributed by atoms with Crippen LogP contribution < -0.4 is 4.90 Å². The smallest absolute Gasteiger partial charge is 0.236 e. The predicted octanol–water partition coefficient (Wildman–Crippen LogP) is 1.99. The molecule has 2 rings (SSSR count). The van der Waals surface area contributed by atoms with E-state index in [0.717, 1.165) is 45.7 Å². The minimum atomic E-state index is 0.183. The van der Waals surface area contributed by atoms with Gasteiger partial charge in [-0.1, -0.05) is 11.6 Å². The zero-order chi connectivity index (χ0) is 17.5. The molecule has 24 heavy (non-hydrogen) atoms. The molecule has 0 spiro atoms. The van der Waals surface area contributed by atoms with E-state index in [2.05, 4.69) is 14.8 Å². The fraction of sp³-hybridized carbons (Fsp3) is 0.588. The molecule has 130 valence electrons. The summed E-state index contributed by atoms with van der Waals surface area (Å²) in [4.78, 5) is 22.8. The van der Waals surface area contributed by atoms with Gasteiger partial charge in [-0.2, -0.15) is 5.26 Å². The number of anilines is 1. The first-order chi connectivity index (χ1) is 11.6. The Labute approximate surface area is 148 Å². The molecule has 1 fully saturated rings. The average Bonchev–Trinajstić information content (AvgIpc) is 2.81. The van der Waals surface area contributed by atoms with Crippen LogP contribution in [-0.4, -0.2) is 66.5 Å². The van der Waals surface area contributed by atoms with Crippen LogP contribution in [0.2, 0.25) is 5.02 Å². The van der Waals surface area contributed by atoms with E-state index < -0.39 is 0 Å². The Hall–Kier alpha value is -1.84. The number of nitriles is 1.